The van der Waals surface area contributed by atoms with Crippen molar-refractivity contribution in [1.82, 2.24) is 0 Å². The minimum absolute atomic E-state index is 0.111. The maximum Gasteiger partial charge on any atom is 0.407 e. The van der Waals surface area contributed by atoms with Crippen LogP contribution in [-0.2, 0) is 0 Å². The normalized spacial score (nSPS) is 15.5. The van der Waals surface area contributed by atoms with Crippen molar-refractivity contribution in [3.63, 3.8) is 0 Å². The Kier molecular flexibility index (Phi) is 5.42. The molecule has 0 bridgehead atoms. The highest BCUT2D eigenvalue weighted by Crippen LogP contribution is 2.20. The molecular formula is C14H18F3NO. The SMILES string of the molecule is CCC(C)Oc1ccc(C=C[C@H](N)C(F)(F)F)cc1. The number of nitrogens with two attached hydrogens (primary N) is 1. The van der Waals surface area contributed by atoms with E-state index >= 15 is 0 Å². The smallest absolute Gasteiger partial charge is 0.407 e. The number of alkyl halides is 3. The zero-order valence-electron chi connectivity index (χ0n) is 10.9. The van der Waals surface area contributed by atoms with Crippen LogP contribution < -0.4 is 10.5 Å². The molecule has 0 saturated carbocycles. The summed E-state index contributed by atoms with van der Waals surface area (Å²) < 4.78 is 42.2. The van der Waals surface area contributed by atoms with Crippen molar-refractivity contribution in [2.45, 2.75) is 38.6 Å². The molecule has 0 aliphatic rings. The Bertz CT molecular complexity index is 412. The molecule has 5 heteroatoms. The Morgan fingerprint density at radius 2 is 1.84 bits per heavy atom. The van der Waals surface area contributed by atoms with E-state index < -0.39 is 12.2 Å². The lowest BCUT2D eigenvalue weighted by Crippen LogP contribution is -2.35. The molecule has 0 heterocycles. The van der Waals surface area contributed by atoms with Gasteiger partial charge in [-0.1, -0.05) is 31.2 Å². The average molecular weight is 273 g/mol. The molecule has 0 spiro atoms. The molecule has 0 aliphatic heterocycles. The number of rotatable bonds is 5. The van der Waals surface area contributed by atoms with Crippen LogP contribution in [0, 0.1) is 0 Å². The fourth-order valence-electron chi connectivity index (χ4n) is 1.30. The van der Waals surface area contributed by atoms with E-state index in [1.807, 2.05) is 13.8 Å². The van der Waals surface area contributed by atoms with Crippen LogP contribution in [0.1, 0.15) is 25.8 Å². The Hall–Kier alpha value is -1.49. The first-order valence-electron chi connectivity index (χ1n) is 6.10. The highest BCUT2D eigenvalue weighted by Gasteiger charge is 2.34. The molecule has 1 rings (SSSR count). The maximum atomic E-state index is 12.2. The number of ether oxygens (including phenoxy) is 1. The van der Waals surface area contributed by atoms with Gasteiger partial charge >= 0.3 is 6.18 Å². The summed E-state index contributed by atoms with van der Waals surface area (Å²) in [4.78, 5) is 0. The third kappa shape index (κ3) is 5.34. The number of hydrogen-bond acceptors (Lipinski definition) is 2. The van der Waals surface area contributed by atoms with E-state index in [0.29, 0.717) is 11.3 Å². The quantitative estimate of drug-likeness (QED) is 0.886. The van der Waals surface area contributed by atoms with E-state index in [9.17, 15) is 13.2 Å². The zero-order chi connectivity index (χ0) is 14.5. The first-order valence-corrected chi connectivity index (χ1v) is 6.10. The summed E-state index contributed by atoms with van der Waals surface area (Å²) >= 11 is 0. The second-order valence-corrected chi connectivity index (χ2v) is 4.33. The van der Waals surface area contributed by atoms with E-state index in [-0.39, 0.29) is 6.10 Å². The molecule has 0 saturated heterocycles. The molecule has 106 valence electrons. The van der Waals surface area contributed by atoms with Crippen LogP contribution in [-0.4, -0.2) is 18.3 Å². The molecule has 2 atom stereocenters. The molecule has 2 nitrogen and oxygen atoms in total. The standard InChI is InChI=1S/C14H18F3NO/c1-3-10(2)19-12-7-4-11(5-8-12)6-9-13(18)14(15,16)17/h4-10,13H,3,18H2,1-2H3/t10?,13-/m0/s1. The Morgan fingerprint density at radius 3 is 2.32 bits per heavy atom. The average Bonchev–Trinajstić information content (AvgIpc) is 2.36. The lowest BCUT2D eigenvalue weighted by Gasteiger charge is -2.12. The number of benzene rings is 1. The second-order valence-electron chi connectivity index (χ2n) is 4.33. The van der Waals surface area contributed by atoms with Crippen LogP contribution in [0.4, 0.5) is 13.2 Å². The van der Waals surface area contributed by atoms with Crippen molar-refractivity contribution in [2.75, 3.05) is 0 Å². The van der Waals surface area contributed by atoms with Crippen LogP contribution >= 0.6 is 0 Å². The lowest BCUT2D eigenvalue weighted by molar-refractivity contribution is -0.136. The zero-order valence-corrected chi connectivity index (χ0v) is 10.9. The topological polar surface area (TPSA) is 35.2 Å². The van der Waals surface area contributed by atoms with Gasteiger partial charge in [0.05, 0.1) is 6.10 Å². The van der Waals surface area contributed by atoms with Crippen molar-refractivity contribution < 1.29 is 17.9 Å². The predicted molar refractivity (Wildman–Crippen MR) is 69.9 cm³/mol. The van der Waals surface area contributed by atoms with Gasteiger partial charge in [-0.05, 0) is 31.0 Å². The van der Waals surface area contributed by atoms with E-state index in [4.69, 9.17) is 10.5 Å². The van der Waals surface area contributed by atoms with Gasteiger partial charge in [-0.2, -0.15) is 13.2 Å². The van der Waals surface area contributed by atoms with E-state index in [2.05, 4.69) is 0 Å². The van der Waals surface area contributed by atoms with Crippen LogP contribution in [0.15, 0.2) is 30.3 Å². The molecule has 0 aromatic heterocycles. The summed E-state index contributed by atoms with van der Waals surface area (Å²) in [5.74, 6) is 0.701. The molecule has 0 amide bonds. The van der Waals surface area contributed by atoms with Crippen molar-refractivity contribution in [3.8, 4) is 5.75 Å². The third-order valence-electron chi connectivity index (χ3n) is 2.67. The van der Waals surface area contributed by atoms with Crippen LogP contribution in [0.3, 0.4) is 0 Å². The summed E-state index contributed by atoms with van der Waals surface area (Å²) in [6, 6.07) is 4.90. The molecule has 0 aliphatic carbocycles. The number of hydrogen-bond donors (Lipinski definition) is 1. The summed E-state index contributed by atoms with van der Waals surface area (Å²) in [6.45, 7) is 3.97. The van der Waals surface area contributed by atoms with Gasteiger partial charge in [0.25, 0.3) is 0 Å². The van der Waals surface area contributed by atoms with Gasteiger partial charge in [-0.15, -0.1) is 0 Å². The highest BCUT2D eigenvalue weighted by molar-refractivity contribution is 5.51. The molecule has 1 unspecified atom stereocenters. The van der Waals surface area contributed by atoms with Gasteiger partial charge in [0, 0.05) is 0 Å². The van der Waals surface area contributed by atoms with Crippen molar-refractivity contribution >= 4 is 6.08 Å². The second kappa shape index (κ2) is 6.61. The molecule has 1 aromatic carbocycles. The molecule has 0 radical (unpaired) electrons. The van der Waals surface area contributed by atoms with Gasteiger partial charge in [-0.3, -0.25) is 0 Å². The van der Waals surface area contributed by atoms with Crippen LogP contribution in [0.5, 0.6) is 5.75 Å². The van der Waals surface area contributed by atoms with Gasteiger partial charge < -0.3 is 10.5 Å². The van der Waals surface area contributed by atoms with Crippen LogP contribution in [0.25, 0.3) is 6.08 Å². The van der Waals surface area contributed by atoms with Gasteiger partial charge in [0.1, 0.15) is 11.8 Å². The van der Waals surface area contributed by atoms with Gasteiger partial charge in [0.15, 0.2) is 0 Å². The summed E-state index contributed by atoms with van der Waals surface area (Å²) in [5.41, 5.74) is 5.63. The predicted octanol–water partition coefficient (Wildman–Crippen LogP) is 3.77. The van der Waals surface area contributed by atoms with E-state index in [1.165, 1.54) is 6.08 Å². The lowest BCUT2D eigenvalue weighted by atomic mass is 10.1. The number of halogens is 3. The summed E-state index contributed by atoms with van der Waals surface area (Å²) in [7, 11) is 0. The molecule has 0 fully saturated rings. The molecule has 2 N–H and O–H groups in total. The van der Waals surface area contributed by atoms with Crippen molar-refractivity contribution in [1.29, 1.82) is 0 Å². The van der Waals surface area contributed by atoms with Crippen molar-refractivity contribution in [2.24, 2.45) is 5.73 Å². The Balaban J connectivity index is 2.64. The fourth-order valence-corrected chi connectivity index (χ4v) is 1.30. The van der Waals surface area contributed by atoms with Gasteiger partial charge in [0.2, 0.25) is 0 Å². The van der Waals surface area contributed by atoms with E-state index in [1.54, 1.807) is 24.3 Å². The largest absolute Gasteiger partial charge is 0.491 e. The Morgan fingerprint density at radius 1 is 1.26 bits per heavy atom. The summed E-state index contributed by atoms with van der Waals surface area (Å²) in [5, 5.41) is 0. The first kappa shape index (κ1) is 15.6. The maximum absolute atomic E-state index is 12.2. The molecular weight excluding hydrogens is 255 g/mol. The van der Waals surface area contributed by atoms with Crippen LogP contribution in [0.2, 0.25) is 0 Å². The van der Waals surface area contributed by atoms with Crippen molar-refractivity contribution in [3.05, 3.63) is 35.9 Å². The Labute approximate surface area is 111 Å². The van der Waals surface area contributed by atoms with Gasteiger partial charge in [-0.25, -0.2) is 0 Å². The monoisotopic (exact) mass is 273 g/mol. The third-order valence-corrected chi connectivity index (χ3v) is 2.67. The minimum atomic E-state index is -4.41. The first-order chi connectivity index (χ1) is 8.82. The highest BCUT2D eigenvalue weighted by atomic mass is 19.4. The molecule has 1 aromatic rings. The fraction of sp³-hybridized carbons (Fsp3) is 0.429. The molecule has 19 heavy (non-hydrogen) atoms. The minimum Gasteiger partial charge on any atom is -0.491 e. The van der Waals surface area contributed by atoms with E-state index in [0.717, 1.165) is 12.5 Å². The summed E-state index contributed by atoms with van der Waals surface area (Å²) in [6.07, 6.45) is -1.12.